The van der Waals surface area contributed by atoms with E-state index in [4.69, 9.17) is 4.74 Å². The van der Waals surface area contributed by atoms with Gasteiger partial charge in [-0.2, -0.15) is 0 Å². The molecule has 2 nitrogen and oxygen atoms in total. The summed E-state index contributed by atoms with van der Waals surface area (Å²) in [4.78, 5) is 2.42. The highest BCUT2D eigenvalue weighted by molar-refractivity contribution is 4.84. The molecule has 1 aliphatic rings. The van der Waals surface area contributed by atoms with E-state index in [1.165, 1.54) is 19.3 Å². The topological polar surface area (TPSA) is 12.5 Å². The van der Waals surface area contributed by atoms with Crippen molar-refractivity contribution in [2.45, 2.75) is 45.3 Å². The van der Waals surface area contributed by atoms with Gasteiger partial charge in [-0.05, 0) is 38.8 Å². The van der Waals surface area contributed by atoms with Gasteiger partial charge in [0.25, 0.3) is 0 Å². The van der Waals surface area contributed by atoms with Crippen LogP contribution >= 0.6 is 0 Å². The molecule has 1 saturated carbocycles. The average molecular weight is 185 g/mol. The van der Waals surface area contributed by atoms with E-state index in [-0.39, 0.29) is 0 Å². The van der Waals surface area contributed by atoms with Gasteiger partial charge in [0.2, 0.25) is 0 Å². The molecule has 78 valence electrons. The van der Waals surface area contributed by atoms with Gasteiger partial charge in [-0.15, -0.1) is 0 Å². The van der Waals surface area contributed by atoms with Crippen molar-refractivity contribution in [3.63, 3.8) is 0 Å². The highest BCUT2D eigenvalue weighted by Gasteiger charge is 2.30. The van der Waals surface area contributed by atoms with Crippen LogP contribution in [0.15, 0.2) is 0 Å². The maximum atomic E-state index is 5.53. The Labute approximate surface area is 82.3 Å². The Morgan fingerprint density at radius 3 is 2.62 bits per heavy atom. The van der Waals surface area contributed by atoms with Crippen LogP contribution < -0.4 is 0 Å². The smallest absolute Gasteiger partial charge is 0.0726 e. The zero-order chi connectivity index (χ0) is 9.84. The third kappa shape index (κ3) is 2.68. The predicted molar refractivity (Wildman–Crippen MR) is 55.9 cm³/mol. The molecule has 0 heterocycles. The summed E-state index contributed by atoms with van der Waals surface area (Å²) in [6.45, 7) is 5.69. The van der Waals surface area contributed by atoms with Crippen LogP contribution in [0.4, 0.5) is 0 Å². The van der Waals surface area contributed by atoms with Gasteiger partial charge in [0.05, 0.1) is 6.10 Å². The van der Waals surface area contributed by atoms with Crippen LogP contribution in [0, 0.1) is 5.92 Å². The van der Waals surface area contributed by atoms with Crippen molar-refractivity contribution in [1.29, 1.82) is 0 Å². The number of hydrogen-bond donors (Lipinski definition) is 0. The molecule has 2 heteroatoms. The first-order valence-electron chi connectivity index (χ1n) is 5.42. The van der Waals surface area contributed by atoms with Gasteiger partial charge < -0.3 is 9.64 Å². The molecule has 3 atom stereocenters. The van der Waals surface area contributed by atoms with Crippen molar-refractivity contribution in [3.8, 4) is 0 Å². The molecule has 13 heavy (non-hydrogen) atoms. The first kappa shape index (κ1) is 11.0. The maximum Gasteiger partial charge on any atom is 0.0726 e. The molecule has 0 N–H and O–H groups in total. The molecular weight excluding hydrogens is 162 g/mol. The van der Waals surface area contributed by atoms with Crippen molar-refractivity contribution in [2.24, 2.45) is 5.92 Å². The molecule has 0 aromatic carbocycles. The van der Waals surface area contributed by atoms with Crippen molar-refractivity contribution in [1.82, 2.24) is 4.90 Å². The number of nitrogens with zero attached hydrogens (tertiary/aromatic N) is 1. The fraction of sp³-hybridized carbons (Fsp3) is 1.00. The largest absolute Gasteiger partial charge is 0.380 e. The second-order valence-corrected chi connectivity index (χ2v) is 4.33. The Bertz CT molecular complexity index is 149. The highest BCUT2D eigenvalue weighted by atomic mass is 16.5. The number of likely N-dealkylation sites (N-methyl/N-ethyl adjacent to an activating group) is 1. The molecule has 1 aliphatic carbocycles. The van der Waals surface area contributed by atoms with E-state index in [0.29, 0.717) is 12.1 Å². The van der Waals surface area contributed by atoms with Crippen LogP contribution in [-0.2, 0) is 4.74 Å². The Morgan fingerprint density at radius 1 is 1.38 bits per heavy atom. The van der Waals surface area contributed by atoms with Gasteiger partial charge in [-0.25, -0.2) is 0 Å². The number of hydrogen-bond acceptors (Lipinski definition) is 2. The SMILES string of the molecule is CCN(C)[C@@H]1C[C@H](C)CC[C@@H]1OC. The van der Waals surface area contributed by atoms with Gasteiger partial charge >= 0.3 is 0 Å². The van der Waals surface area contributed by atoms with E-state index in [1.54, 1.807) is 0 Å². The van der Waals surface area contributed by atoms with Crippen molar-refractivity contribution < 1.29 is 4.74 Å². The lowest BCUT2D eigenvalue weighted by Gasteiger charge is -2.39. The van der Waals surface area contributed by atoms with Crippen molar-refractivity contribution in [3.05, 3.63) is 0 Å². The second kappa shape index (κ2) is 4.97. The molecule has 0 amide bonds. The fourth-order valence-corrected chi connectivity index (χ4v) is 2.30. The quantitative estimate of drug-likeness (QED) is 0.668. The second-order valence-electron chi connectivity index (χ2n) is 4.33. The van der Waals surface area contributed by atoms with E-state index in [9.17, 15) is 0 Å². The number of rotatable bonds is 3. The normalized spacial score (nSPS) is 35.3. The molecule has 0 aliphatic heterocycles. The Hall–Kier alpha value is -0.0800. The fourth-order valence-electron chi connectivity index (χ4n) is 2.30. The van der Waals surface area contributed by atoms with Crippen LogP contribution in [0.1, 0.15) is 33.1 Å². The van der Waals surface area contributed by atoms with E-state index in [0.717, 1.165) is 12.5 Å². The van der Waals surface area contributed by atoms with E-state index in [2.05, 4.69) is 25.8 Å². The van der Waals surface area contributed by atoms with Crippen molar-refractivity contribution >= 4 is 0 Å². The summed E-state index contributed by atoms with van der Waals surface area (Å²) >= 11 is 0. The number of ether oxygens (including phenoxy) is 1. The molecule has 0 unspecified atom stereocenters. The predicted octanol–water partition coefficient (Wildman–Crippen LogP) is 2.14. The van der Waals surface area contributed by atoms with Crippen LogP contribution in [0.5, 0.6) is 0 Å². The van der Waals surface area contributed by atoms with Gasteiger partial charge in [0, 0.05) is 13.2 Å². The van der Waals surface area contributed by atoms with E-state index < -0.39 is 0 Å². The summed E-state index contributed by atoms with van der Waals surface area (Å²) in [5.41, 5.74) is 0. The minimum atomic E-state index is 0.459. The molecule has 0 bridgehead atoms. The third-order valence-corrected chi connectivity index (χ3v) is 3.38. The van der Waals surface area contributed by atoms with Crippen LogP contribution in [0.25, 0.3) is 0 Å². The summed E-state index contributed by atoms with van der Waals surface area (Å²) in [7, 11) is 4.05. The van der Waals surface area contributed by atoms with Crippen LogP contribution in [0.2, 0.25) is 0 Å². The van der Waals surface area contributed by atoms with Gasteiger partial charge in [0.15, 0.2) is 0 Å². The summed E-state index contributed by atoms with van der Waals surface area (Å²) < 4.78 is 5.53. The standard InChI is InChI=1S/C11H23NO/c1-5-12(3)10-8-9(2)6-7-11(10)13-4/h9-11H,5-8H2,1-4H3/t9-,10-,11+/m1/s1. The maximum absolute atomic E-state index is 5.53. The molecule has 0 saturated heterocycles. The Kier molecular flexibility index (Phi) is 4.20. The summed E-state index contributed by atoms with van der Waals surface area (Å²) in [6, 6.07) is 0.638. The van der Waals surface area contributed by atoms with Gasteiger partial charge in [0.1, 0.15) is 0 Å². The Balaban J connectivity index is 2.54. The van der Waals surface area contributed by atoms with E-state index >= 15 is 0 Å². The Morgan fingerprint density at radius 2 is 2.08 bits per heavy atom. The molecule has 0 aromatic heterocycles. The first-order chi connectivity index (χ1) is 6.19. The first-order valence-corrected chi connectivity index (χ1v) is 5.42. The zero-order valence-corrected chi connectivity index (χ0v) is 9.42. The lowest BCUT2D eigenvalue weighted by molar-refractivity contribution is -0.0122. The van der Waals surface area contributed by atoms with E-state index in [1.807, 2.05) is 7.11 Å². The van der Waals surface area contributed by atoms with Crippen molar-refractivity contribution in [2.75, 3.05) is 20.7 Å². The lowest BCUT2D eigenvalue weighted by Crippen LogP contribution is -2.45. The molecule has 1 fully saturated rings. The molecule has 0 spiro atoms. The average Bonchev–Trinajstić information content (AvgIpc) is 2.16. The number of methoxy groups -OCH3 is 1. The molecule has 0 aromatic rings. The summed E-state index contributed by atoms with van der Waals surface area (Å²) in [5, 5.41) is 0. The molecular formula is C11H23NO. The monoisotopic (exact) mass is 185 g/mol. The lowest BCUT2D eigenvalue weighted by atomic mass is 9.84. The summed E-state index contributed by atoms with van der Waals surface area (Å²) in [5.74, 6) is 0.866. The molecule has 1 rings (SSSR count). The van der Waals surface area contributed by atoms with Crippen LogP contribution in [-0.4, -0.2) is 37.7 Å². The minimum absolute atomic E-state index is 0.459. The third-order valence-electron chi connectivity index (χ3n) is 3.38. The van der Waals surface area contributed by atoms with Crippen LogP contribution in [0.3, 0.4) is 0 Å². The van der Waals surface area contributed by atoms with Gasteiger partial charge in [-0.1, -0.05) is 13.8 Å². The summed E-state index contributed by atoms with van der Waals surface area (Å²) in [6.07, 6.45) is 4.31. The minimum Gasteiger partial charge on any atom is -0.380 e. The molecule has 0 radical (unpaired) electrons. The van der Waals surface area contributed by atoms with Gasteiger partial charge in [-0.3, -0.25) is 0 Å². The zero-order valence-electron chi connectivity index (χ0n) is 9.42. The highest BCUT2D eigenvalue weighted by Crippen LogP contribution is 2.28.